The standard InChI is InChI=1S/C16H15F2NO3/c17-16(18)22-13-5-2-1-4-10(13)9-19-15(20)12-8-11(12)14-6-3-7-21-14/h1-7,11-12,16H,8-9H2,(H,19,20). The summed E-state index contributed by atoms with van der Waals surface area (Å²) in [5.41, 5.74) is 0.520. The molecule has 1 aromatic carbocycles. The lowest BCUT2D eigenvalue weighted by molar-refractivity contribution is -0.122. The highest BCUT2D eigenvalue weighted by molar-refractivity contribution is 5.82. The molecule has 0 spiro atoms. The van der Waals surface area contributed by atoms with Crippen LogP contribution in [0.2, 0.25) is 0 Å². The molecule has 0 aliphatic heterocycles. The van der Waals surface area contributed by atoms with Gasteiger partial charge < -0.3 is 14.5 Å². The zero-order chi connectivity index (χ0) is 15.5. The zero-order valence-electron chi connectivity index (χ0n) is 11.7. The number of rotatable bonds is 6. The van der Waals surface area contributed by atoms with E-state index >= 15 is 0 Å². The highest BCUT2D eigenvalue weighted by Gasteiger charge is 2.45. The molecule has 2 atom stereocenters. The monoisotopic (exact) mass is 307 g/mol. The van der Waals surface area contributed by atoms with E-state index < -0.39 is 6.61 Å². The van der Waals surface area contributed by atoms with Gasteiger partial charge in [0.05, 0.1) is 6.26 Å². The van der Waals surface area contributed by atoms with Crippen LogP contribution < -0.4 is 10.1 Å². The van der Waals surface area contributed by atoms with Crippen LogP contribution in [-0.2, 0) is 11.3 Å². The first kappa shape index (κ1) is 14.6. The number of benzene rings is 1. The van der Waals surface area contributed by atoms with E-state index in [0.29, 0.717) is 5.56 Å². The minimum atomic E-state index is -2.89. The summed E-state index contributed by atoms with van der Waals surface area (Å²) >= 11 is 0. The van der Waals surface area contributed by atoms with Crippen LogP contribution in [0.5, 0.6) is 5.75 Å². The Morgan fingerprint density at radius 1 is 1.32 bits per heavy atom. The van der Waals surface area contributed by atoms with Crippen LogP contribution in [0.3, 0.4) is 0 Å². The van der Waals surface area contributed by atoms with Gasteiger partial charge in [0, 0.05) is 23.9 Å². The number of amides is 1. The molecule has 6 heteroatoms. The Morgan fingerprint density at radius 3 is 2.86 bits per heavy atom. The van der Waals surface area contributed by atoms with Crippen molar-refractivity contribution in [1.29, 1.82) is 0 Å². The van der Waals surface area contributed by atoms with Crippen LogP contribution in [0.15, 0.2) is 47.1 Å². The molecule has 1 fully saturated rings. The van der Waals surface area contributed by atoms with E-state index in [4.69, 9.17) is 4.42 Å². The molecular formula is C16H15F2NO3. The van der Waals surface area contributed by atoms with E-state index in [-0.39, 0.29) is 30.0 Å². The fourth-order valence-electron chi connectivity index (χ4n) is 2.48. The fourth-order valence-corrected chi connectivity index (χ4v) is 2.48. The Labute approximate surface area is 126 Å². The lowest BCUT2D eigenvalue weighted by Gasteiger charge is -2.11. The van der Waals surface area contributed by atoms with Crippen molar-refractivity contribution in [2.75, 3.05) is 0 Å². The van der Waals surface area contributed by atoms with E-state index in [0.717, 1.165) is 12.2 Å². The van der Waals surface area contributed by atoms with E-state index in [2.05, 4.69) is 10.1 Å². The number of carbonyl (C=O) groups excluding carboxylic acids is 1. The summed E-state index contributed by atoms with van der Waals surface area (Å²) < 4.78 is 34.4. The van der Waals surface area contributed by atoms with Gasteiger partial charge in [0.2, 0.25) is 5.91 Å². The molecule has 2 aromatic rings. The van der Waals surface area contributed by atoms with Gasteiger partial charge in [0.1, 0.15) is 11.5 Å². The first-order chi connectivity index (χ1) is 10.6. The Kier molecular flexibility index (Phi) is 4.09. The van der Waals surface area contributed by atoms with E-state index in [1.54, 1.807) is 30.5 Å². The molecule has 2 unspecified atom stereocenters. The molecule has 22 heavy (non-hydrogen) atoms. The van der Waals surface area contributed by atoms with Crippen molar-refractivity contribution in [2.24, 2.45) is 5.92 Å². The molecule has 3 rings (SSSR count). The molecule has 4 nitrogen and oxygen atoms in total. The molecule has 1 saturated carbocycles. The Morgan fingerprint density at radius 2 is 2.14 bits per heavy atom. The van der Waals surface area contributed by atoms with E-state index in [9.17, 15) is 13.6 Å². The Balaban J connectivity index is 1.56. The van der Waals surface area contributed by atoms with E-state index in [1.165, 1.54) is 6.07 Å². The molecule has 0 saturated heterocycles. The van der Waals surface area contributed by atoms with Gasteiger partial charge >= 0.3 is 6.61 Å². The van der Waals surface area contributed by atoms with Crippen molar-refractivity contribution in [3.63, 3.8) is 0 Å². The minimum Gasteiger partial charge on any atom is -0.469 e. The van der Waals surface area contributed by atoms with Crippen LogP contribution in [0.4, 0.5) is 8.78 Å². The third kappa shape index (κ3) is 3.27. The number of ether oxygens (including phenoxy) is 1. The number of hydrogen-bond donors (Lipinski definition) is 1. The molecule has 116 valence electrons. The molecule has 1 amide bonds. The number of alkyl halides is 2. The van der Waals surface area contributed by atoms with Crippen molar-refractivity contribution in [1.82, 2.24) is 5.32 Å². The number of furan rings is 1. The topological polar surface area (TPSA) is 51.5 Å². The second-order valence-electron chi connectivity index (χ2n) is 5.17. The van der Waals surface area contributed by atoms with Crippen molar-refractivity contribution in [2.45, 2.75) is 25.5 Å². The Bertz CT molecular complexity index is 643. The molecule has 0 bridgehead atoms. The molecular weight excluding hydrogens is 292 g/mol. The Hall–Kier alpha value is -2.37. The van der Waals surface area contributed by atoms with Gasteiger partial charge in [-0.05, 0) is 24.6 Å². The van der Waals surface area contributed by atoms with E-state index in [1.807, 2.05) is 6.07 Å². The molecule has 1 aromatic heterocycles. The normalized spacial score (nSPS) is 20.0. The van der Waals surface area contributed by atoms with Crippen LogP contribution in [0.1, 0.15) is 23.7 Å². The van der Waals surface area contributed by atoms with Crippen molar-refractivity contribution >= 4 is 5.91 Å². The maximum absolute atomic E-state index is 12.3. The summed E-state index contributed by atoms with van der Waals surface area (Å²) in [5.74, 6) is 0.780. The predicted molar refractivity (Wildman–Crippen MR) is 74.5 cm³/mol. The second kappa shape index (κ2) is 6.17. The third-order valence-corrected chi connectivity index (χ3v) is 3.68. The molecule has 0 radical (unpaired) electrons. The van der Waals surface area contributed by atoms with Gasteiger partial charge in [-0.25, -0.2) is 0 Å². The molecule has 1 aliphatic carbocycles. The number of para-hydroxylation sites is 1. The third-order valence-electron chi connectivity index (χ3n) is 3.68. The summed E-state index contributed by atoms with van der Waals surface area (Å²) in [6, 6.07) is 10.1. The smallest absolute Gasteiger partial charge is 0.387 e. The highest BCUT2D eigenvalue weighted by Crippen LogP contribution is 2.47. The summed E-state index contributed by atoms with van der Waals surface area (Å²) in [6.45, 7) is -2.73. The fraction of sp³-hybridized carbons (Fsp3) is 0.312. The summed E-state index contributed by atoms with van der Waals surface area (Å²) in [6.07, 6.45) is 2.33. The average molecular weight is 307 g/mol. The largest absolute Gasteiger partial charge is 0.469 e. The maximum atomic E-state index is 12.3. The van der Waals surface area contributed by atoms with Crippen molar-refractivity contribution in [3.05, 3.63) is 54.0 Å². The summed E-state index contributed by atoms with van der Waals surface area (Å²) in [5, 5.41) is 2.76. The number of nitrogens with one attached hydrogen (secondary N) is 1. The molecule has 1 aliphatic rings. The lowest BCUT2D eigenvalue weighted by Crippen LogP contribution is -2.25. The number of carbonyl (C=O) groups is 1. The van der Waals surface area contributed by atoms with Crippen molar-refractivity contribution < 1.29 is 22.7 Å². The quantitative estimate of drug-likeness (QED) is 0.891. The minimum absolute atomic E-state index is 0.0798. The first-order valence-corrected chi connectivity index (χ1v) is 6.99. The van der Waals surface area contributed by atoms with Gasteiger partial charge in [0.15, 0.2) is 0 Å². The predicted octanol–water partition coefficient (Wildman–Crippen LogP) is 3.30. The zero-order valence-corrected chi connectivity index (χ0v) is 11.7. The van der Waals surface area contributed by atoms with Crippen LogP contribution >= 0.6 is 0 Å². The molecule has 1 heterocycles. The van der Waals surface area contributed by atoms with Gasteiger partial charge in [-0.3, -0.25) is 4.79 Å². The number of hydrogen-bond acceptors (Lipinski definition) is 3. The summed E-state index contributed by atoms with van der Waals surface area (Å²) in [4.78, 5) is 12.1. The summed E-state index contributed by atoms with van der Waals surface area (Å²) in [7, 11) is 0. The van der Waals surface area contributed by atoms with Gasteiger partial charge in [0.25, 0.3) is 0 Å². The van der Waals surface area contributed by atoms with Gasteiger partial charge in [-0.2, -0.15) is 8.78 Å². The second-order valence-corrected chi connectivity index (χ2v) is 5.17. The maximum Gasteiger partial charge on any atom is 0.387 e. The van der Waals surface area contributed by atoms with Crippen LogP contribution in [0.25, 0.3) is 0 Å². The highest BCUT2D eigenvalue weighted by atomic mass is 19.3. The van der Waals surface area contributed by atoms with Crippen molar-refractivity contribution in [3.8, 4) is 5.75 Å². The van der Waals surface area contributed by atoms with Crippen LogP contribution in [0, 0.1) is 5.92 Å². The van der Waals surface area contributed by atoms with Crippen LogP contribution in [-0.4, -0.2) is 12.5 Å². The van der Waals surface area contributed by atoms with Gasteiger partial charge in [-0.15, -0.1) is 0 Å². The van der Waals surface area contributed by atoms with Gasteiger partial charge in [-0.1, -0.05) is 18.2 Å². The SMILES string of the molecule is O=C(NCc1ccccc1OC(F)F)C1CC1c1ccco1. The number of halogens is 2. The average Bonchev–Trinajstić information content (AvgIpc) is 3.11. The molecule has 1 N–H and O–H groups in total. The lowest BCUT2D eigenvalue weighted by atomic mass is 10.2. The first-order valence-electron chi connectivity index (χ1n) is 6.99.